The second kappa shape index (κ2) is 6.58. The maximum atomic E-state index is 12.6. The minimum absolute atomic E-state index is 0.0881. The van der Waals surface area contributed by atoms with E-state index in [0.717, 1.165) is 3.57 Å². The normalized spacial score (nSPS) is 10.2. The molecule has 20 heavy (non-hydrogen) atoms. The second-order valence-corrected chi connectivity index (χ2v) is 6.13. The topological polar surface area (TPSA) is 35.5 Å². The van der Waals surface area contributed by atoms with Gasteiger partial charge in [-0.2, -0.15) is 0 Å². The molecular formula is C15H12BrIO3. The average Bonchev–Trinajstić information content (AvgIpc) is 2.45. The molecule has 0 atom stereocenters. The predicted molar refractivity (Wildman–Crippen MR) is 89.8 cm³/mol. The Morgan fingerprint density at radius 3 is 2.50 bits per heavy atom. The van der Waals surface area contributed by atoms with E-state index in [2.05, 4.69) is 38.5 Å². The molecule has 2 aromatic rings. The molecule has 0 aliphatic heterocycles. The summed E-state index contributed by atoms with van der Waals surface area (Å²) in [6.45, 7) is 0. The molecule has 5 heteroatoms. The molecule has 0 N–H and O–H groups in total. The summed E-state index contributed by atoms with van der Waals surface area (Å²) in [5.74, 6) is 1.03. The second-order valence-electron chi connectivity index (χ2n) is 4.03. The van der Waals surface area contributed by atoms with Crippen molar-refractivity contribution in [3.8, 4) is 11.5 Å². The van der Waals surface area contributed by atoms with E-state index in [1.165, 1.54) is 7.11 Å². The molecular weight excluding hydrogens is 435 g/mol. The van der Waals surface area contributed by atoms with Crippen molar-refractivity contribution >= 4 is 44.3 Å². The fourth-order valence-corrected chi connectivity index (χ4v) is 2.98. The van der Waals surface area contributed by atoms with Crippen molar-refractivity contribution in [3.63, 3.8) is 0 Å². The minimum Gasteiger partial charge on any atom is -0.497 e. The molecule has 2 rings (SSSR count). The van der Waals surface area contributed by atoms with Gasteiger partial charge in [-0.05, 0) is 56.7 Å². The molecule has 0 heterocycles. The third kappa shape index (κ3) is 3.15. The van der Waals surface area contributed by atoms with Crippen LogP contribution in [0.1, 0.15) is 15.9 Å². The number of ketones is 1. The molecule has 0 fully saturated rings. The van der Waals surface area contributed by atoms with Crippen molar-refractivity contribution in [2.75, 3.05) is 14.2 Å². The van der Waals surface area contributed by atoms with Gasteiger partial charge in [-0.25, -0.2) is 0 Å². The number of hydrogen-bond donors (Lipinski definition) is 0. The van der Waals surface area contributed by atoms with Crippen LogP contribution in [0.4, 0.5) is 0 Å². The van der Waals surface area contributed by atoms with Crippen LogP contribution >= 0.6 is 38.5 Å². The fraction of sp³-hybridized carbons (Fsp3) is 0.133. The van der Waals surface area contributed by atoms with Crippen LogP contribution in [0.2, 0.25) is 0 Å². The van der Waals surface area contributed by atoms with E-state index in [4.69, 9.17) is 9.47 Å². The smallest absolute Gasteiger partial charge is 0.197 e. The Hall–Kier alpha value is -1.08. The zero-order valence-corrected chi connectivity index (χ0v) is 14.7. The first-order chi connectivity index (χ1) is 9.56. The highest BCUT2D eigenvalue weighted by Crippen LogP contribution is 2.34. The lowest BCUT2D eigenvalue weighted by Crippen LogP contribution is -2.06. The van der Waals surface area contributed by atoms with Gasteiger partial charge in [0.25, 0.3) is 0 Å². The van der Waals surface area contributed by atoms with Gasteiger partial charge in [0.2, 0.25) is 0 Å². The molecule has 0 amide bonds. The summed E-state index contributed by atoms with van der Waals surface area (Å²) in [6, 6.07) is 10.9. The number of rotatable bonds is 4. The molecule has 3 nitrogen and oxygen atoms in total. The molecule has 0 radical (unpaired) electrons. The summed E-state index contributed by atoms with van der Waals surface area (Å²) in [7, 11) is 3.11. The Balaban J connectivity index is 2.54. The van der Waals surface area contributed by atoms with Gasteiger partial charge in [0.05, 0.1) is 19.8 Å². The number of methoxy groups -OCH3 is 2. The lowest BCUT2D eigenvalue weighted by molar-refractivity contribution is 0.103. The molecule has 0 aliphatic rings. The van der Waals surface area contributed by atoms with E-state index >= 15 is 0 Å². The summed E-state index contributed by atoms with van der Waals surface area (Å²) >= 11 is 5.59. The van der Waals surface area contributed by atoms with Crippen molar-refractivity contribution in [2.45, 2.75) is 0 Å². The summed E-state index contributed by atoms with van der Waals surface area (Å²) < 4.78 is 12.1. The third-order valence-corrected chi connectivity index (χ3v) is 4.09. The molecule has 0 bridgehead atoms. The quantitative estimate of drug-likeness (QED) is 0.518. The number of carbonyl (C=O) groups is 1. The van der Waals surface area contributed by atoms with E-state index in [1.807, 2.05) is 18.2 Å². The number of hydrogen-bond acceptors (Lipinski definition) is 3. The number of carbonyl (C=O) groups excluding carboxylic acids is 1. The van der Waals surface area contributed by atoms with Gasteiger partial charge in [0, 0.05) is 19.7 Å². The maximum absolute atomic E-state index is 12.6. The summed E-state index contributed by atoms with van der Waals surface area (Å²) in [5.41, 5.74) is 1.12. The molecule has 0 unspecified atom stereocenters. The Labute approximate surface area is 139 Å². The largest absolute Gasteiger partial charge is 0.497 e. The van der Waals surface area contributed by atoms with Crippen LogP contribution in [0, 0.1) is 3.57 Å². The number of benzene rings is 2. The lowest BCUT2D eigenvalue weighted by Gasteiger charge is -2.12. The molecule has 0 spiro atoms. The monoisotopic (exact) mass is 446 g/mol. The van der Waals surface area contributed by atoms with Gasteiger partial charge in [-0.15, -0.1) is 0 Å². The van der Waals surface area contributed by atoms with Gasteiger partial charge in [0.1, 0.15) is 11.5 Å². The van der Waals surface area contributed by atoms with E-state index in [-0.39, 0.29) is 5.78 Å². The molecule has 0 aliphatic carbocycles. The Kier molecular flexibility index (Phi) is 5.04. The van der Waals surface area contributed by atoms with Crippen molar-refractivity contribution in [2.24, 2.45) is 0 Å². The first kappa shape index (κ1) is 15.3. The van der Waals surface area contributed by atoms with Gasteiger partial charge in [-0.3, -0.25) is 4.79 Å². The van der Waals surface area contributed by atoms with Crippen LogP contribution in [-0.2, 0) is 0 Å². The lowest BCUT2D eigenvalue weighted by atomic mass is 10.0. The highest BCUT2D eigenvalue weighted by Gasteiger charge is 2.19. The summed E-state index contributed by atoms with van der Waals surface area (Å²) in [5, 5.41) is 0. The van der Waals surface area contributed by atoms with Crippen LogP contribution in [0.5, 0.6) is 11.5 Å². The predicted octanol–water partition coefficient (Wildman–Crippen LogP) is 4.30. The molecule has 0 saturated heterocycles. The highest BCUT2D eigenvalue weighted by molar-refractivity contribution is 14.1. The Morgan fingerprint density at radius 2 is 1.90 bits per heavy atom. The van der Waals surface area contributed by atoms with Crippen LogP contribution < -0.4 is 9.47 Å². The van der Waals surface area contributed by atoms with Crippen molar-refractivity contribution < 1.29 is 14.3 Å². The van der Waals surface area contributed by atoms with Crippen molar-refractivity contribution in [1.82, 2.24) is 0 Å². The van der Waals surface area contributed by atoms with Crippen LogP contribution in [0.15, 0.2) is 40.9 Å². The number of ether oxygens (including phenoxy) is 2. The van der Waals surface area contributed by atoms with Crippen molar-refractivity contribution in [1.29, 1.82) is 0 Å². The van der Waals surface area contributed by atoms with E-state index in [1.54, 1.807) is 25.3 Å². The van der Waals surface area contributed by atoms with Gasteiger partial charge in [-0.1, -0.05) is 12.1 Å². The number of halogens is 2. The summed E-state index contributed by atoms with van der Waals surface area (Å²) in [6.07, 6.45) is 0. The minimum atomic E-state index is -0.0881. The fourth-order valence-electron chi connectivity index (χ4n) is 1.83. The SMILES string of the molecule is COc1cc(Br)c(C(=O)c2cccc(I)c2)c(OC)c1. The Bertz CT molecular complexity index is 656. The van der Waals surface area contributed by atoms with Crippen molar-refractivity contribution in [3.05, 3.63) is 55.6 Å². The molecule has 104 valence electrons. The summed E-state index contributed by atoms with van der Waals surface area (Å²) in [4.78, 5) is 12.6. The first-order valence-corrected chi connectivity index (χ1v) is 7.65. The average molecular weight is 447 g/mol. The van der Waals surface area contributed by atoms with Gasteiger partial charge < -0.3 is 9.47 Å². The zero-order valence-electron chi connectivity index (χ0n) is 10.9. The zero-order chi connectivity index (χ0) is 14.7. The van der Waals surface area contributed by atoms with E-state index in [0.29, 0.717) is 27.1 Å². The maximum Gasteiger partial charge on any atom is 0.197 e. The Morgan fingerprint density at radius 1 is 1.15 bits per heavy atom. The van der Waals surface area contributed by atoms with E-state index < -0.39 is 0 Å². The molecule has 0 aromatic heterocycles. The van der Waals surface area contributed by atoms with Gasteiger partial charge in [0.15, 0.2) is 5.78 Å². The third-order valence-electron chi connectivity index (χ3n) is 2.80. The molecule has 0 saturated carbocycles. The van der Waals surface area contributed by atoms with Gasteiger partial charge >= 0.3 is 0 Å². The van der Waals surface area contributed by atoms with Crippen LogP contribution in [0.3, 0.4) is 0 Å². The molecule has 2 aromatic carbocycles. The standard InChI is InChI=1S/C15H12BrIO3/c1-19-11-7-12(16)14(13(8-11)20-2)15(18)9-4-3-5-10(17)6-9/h3-8H,1-2H3. The first-order valence-electron chi connectivity index (χ1n) is 5.78. The van der Waals surface area contributed by atoms with Crippen LogP contribution in [-0.4, -0.2) is 20.0 Å². The highest BCUT2D eigenvalue weighted by atomic mass is 127. The van der Waals surface area contributed by atoms with E-state index in [9.17, 15) is 4.79 Å². The van der Waals surface area contributed by atoms with Crippen LogP contribution in [0.25, 0.3) is 0 Å².